The minimum Gasteiger partial charge on any atom is -0.271 e. The Labute approximate surface area is 167 Å². The molecule has 0 aliphatic heterocycles. The van der Waals surface area contributed by atoms with Crippen LogP contribution in [-0.4, -0.2) is 29.1 Å². The predicted molar refractivity (Wildman–Crippen MR) is 106 cm³/mol. The van der Waals surface area contributed by atoms with Gasteiger partial charge in [0.2, 0.25) is 10.0 Å². The van der Waals surface area contributed by atoms with Gasteiger partial charge in [-0.3, -0.25) is 9.63 Å². The van der Waals surface area contributed by atoms with E-state index in [9.17, 15) is 13.2 Å². The van der Waals surface area contributed by atoms with Crippen LogP contribution < -0.4 is 10.2 Å². The summed E-state index contributed by atoms with van der Waals surface area (Å²) in [5.74, 6) is -0.874. The number of hydrogen-bond donors (Lipinski definition) is 2. The molecule has 3 aromatic rings. The van der Waals surface area contributed by atoms with Crippen molar-refractivity contribution in [1.29, 1.82) is 0 Å². The van der Waals surface area contributed by atoms with E-state index in [0.717, 1.165) is 17.3 Å². The zero-order valence-corrected chi connectivity index (χ0v) is 17.0. The molecule has 1 aromatic heterocycles. The van der Waals surface area contributed by atoms with Gasteiger partial charge in [-0.2, -0.15) is 13.5 Å². The maximum Gasteiger partial charge on any atom is 0.261 e. The summed E-state index contributed by atoms with van der Waals surface area (Å²) in [6.07, 6.45) is 0. The molecule has 0 saturated heterocycles. The Morgan fingerprint density at radius 1 is 1.11 bits per heavy atom. The molecule has 0 spiro atoms. The largest absolute Gasteiger partial charge is 0.271 e. The maximum absolute atomic E-state index is 12.9. The number of hydroxylamine groups is 1. The molecule has 0 bridgehead atoms. The Morgan fingerprint density at radius 3 is 2.57 bits per heavy atom. The van der Waals surface area contributed by atoms with Crippen molar-refractivity contribution < 1.29 is 18.0 Å². The summed E-state index contributed by atoms with van der Waals surface area (Å²) in [5.41, 5.74) is 3.98. The molecule has 2 N–H and O–H groups in total. The highest BCUT2D eigenvalue weighted by molar-refractivity contribution is 7.89. The Hall–Kier alpha value is -2.40. The van der Waals surface area contributed by atoms with Crippen LogP contribution >= 0.6 is 11.7 Å². The number of fused-ring (bicyclic) bond motifs is 1. The van der Waals surface area contributed by atoms with Crippen LogP contribution in [0.25, 0.3) is 11.0 Å². The highest BCUT2D eigenvalue weighted by Crippen LogP contribution is 2.21. The van der Waals surface area contributed by atoms with E-state index in [1.165, 1.54) is 6.07 Å². The summed E-state index contributed by atoms with van der Waals surface area (Å²) in [7, 11) is -3.99. The van der Waals surface area contributed by atoms with Gasteiger partial charge in [-0.1, -0.05) is 50.2 Å². The van der Waals surface area contributed by atoms with Crippen molar-refractivity contribution in [3.63, 3.8) is 0 Å². The highest BCUT2D eigenvalue weighted by Gasteiger charge is 2.30. The zero-order chi connectivity index (χ0) is 20.1. The lowest BCUT2D eigenvalue weighted by Crippen LogP contribution is -2.49. The Morgan fingerprint density at radius 2 is 1.86 bits per heavy atom. The lowest BCUT2D eigenvalue weighted by atomic mass is 10.1. The molecule has 1 heterocycles. The third-order valence-electron chi connectivity index (χ3n) is 4.02. The number of amides is 1. The lowest BCUT2D eigenvalue weighted by Gasteiger charge is -2.21. The van der Waals surface area contributed by atoms with Crippen molar-refractivity contribution in [1.82, 2.24) is 18.9 Å². The van der Waals surface area contributed by atoms with Crippen molar-refractivity contribution in [3.05, 3.63) is 54.1 Å². The number of sulfonamides is 1. The van der Waals surface area contributed by atoms with E-state index in [-0.39, 0.29) is 22.9 Å². The summed E-state index contributed by atoms with van der Waals surface area (Å²) in [6, 6.07) is 13.0. The molecule has 0 fully saturated rings. The number of nitrogens with zero attached hydrogens (tertiary/aromatic N) is 2. The van der Waals surface area contributed by atoms with Gasteiger partial charge in [0, 0.05) is 0 Å². The summed E-state index contributed by atoms with van der Waals surface area (Å²) >= 11 is 0.932. The first-order valence-corrected chi connectivity index (χ1v) is 10.8. The Bertz CT molecular complexity index is 1050. The zero-order valence-electron chi connectivity index (χ0n) is 15.3. The second kappa shape index (κ2) is 8.74. The van der Waals surface area contributed by atoms with Gasteiger partial charge in [0.15, 0.2) is 0 Å². The number of benzene rings is 2. The number of aromatic nitrogens is 2. The minimum absolute atomic E-state index is 0.0117. The van der Waals surface area contributed by atoms with Gasteiger partial charge in [-0.15, -0.1) is 0 Å². The van der Waals surface area contributed by atoms with Gasteiger partial charge >= 0.3 is 0 Å². The quantitative estimate of drug-likeness (QED) is 0.541. The summed E-state index contributed by atoms with van der Waals surface area (Å²) in [4.78, 5) is 17.7. The monoisotopic (exact) mass is 420 g/mol. The van der Waals surface area contributed by atoms with Gasteiger partial charge in [-0.05, 0) is 23.6 Å². The number of carbonyl (C=O) groups excluding carboxylic acids is 1. The molecule has 8 nitrogen and oxygen atoms in total. The standard InChI is InChI=1S/C18H20N4O4S2/c1-12(2)16(18(23)19-26-11-13-7-4-3-5-8-13)22-28(24,25)15-10-6-9-14-17(15)21-27-20-14/h3-10,12,16,22H,11H2,1-2H3,(H,19,23)/t16-/m0/s1. The molecule has 2 aromatic carbocycles. The van der Waals surface area contributed by atoms with Crippen LogP contribution in [0.3, 0.4) is 0 Å². The number of rotatable bonds is 8. The van der Waals surface area contributed by atoms with Crippen LogP contribution in [0.1, 0.15) is 19.4 Å². The van der Waals surface area contributed by atoms with E-state index >= 15 is 0 Å². The molecule has 10 heteroatoms. The highest BCUT2D eigenvalue weighted by atomic mass is 32.2. The van der Waals surface area contributed by atoms with E-state index in [1.54, 1.807) is 26.0 Å². The van der Waals surface area contributed by atoms with Crippen LogP contribution in [0, 0.1) is 5.92 Å². The normalized spacial score (nSPS) is 13.0. The average molecular weight is 421 g/mol. The van der Waals surface area contributed by atoms with Crippen molar-refractivity contribution in [3.8, 4) is 0 Å². The maximum atomic E-state index is 12.9. The summed E-state index contributed by atoms with van der Waals surface area (Å²) in [5, 5.41) is 0. The minimum atomic E-state index is -3.99. The van der Waals surface area contributed by atoms with Gasteiger partial charge in [-0.25, -0.2) is 13.9 Å². The van der Waals surface area contributed by atoms with E-state index in [4.69, 9.17) is 4.84 Å². The summed E-state index contributed by atoms with van der Waals surface area (Å²) in [6.45, 7) is 3.66. The van der Waals surface area contributed by atoms with Crippen LogP contribution in [0.2, 0.25) is 0 Å². The Balaban J connectivity index is 1.71. The second-order valence-corrected chi connectivity index (χ2v) is 8.68. The number of carbonyl (C=O) groups is 1. The van der Waals surface area contributed by atoms with Gasteiger partial charge in [0.05, 0.1) is 18.3 Å². The fourth-order valence-electron chi connectivity index (χ4n) is 2.55. The van der Waals surface area contributed by atoms with Crippen molar-refractivity contribution in [2.45, 2.75) is 31.4 Å². The molecular weight excluding hydrogens is 400 g/mol. The first kappa shape index (κ1) is 20.3. The molecule has 0 unspecified atom stereocenters. The molecule has 3 rings (SSSR count). The SMILES string of the molecule is CC(C)[C@H](NS(=O)(=O)c1cccc2nsnc12)C(=O)NOCc1ccccc1. The first-order chi connectivity index (χ1) is 13.4. The predicted octanol–water partition coefficient (Wildman–Crippen LogP) is 2.24. The molecular formula is C18H20N4O4S2. The molecule has 0 radical (unpaired) electrons. The molecule has 0 saturated carbocycles. The van der Waals surface area contributed by atoms with Crippen molar-refractivity contribution in [2.24, 2.45) is 5.92 Å². The molecule has 1 amide bonds. The third-order valence-corrected chi connectivity index (χ3v) is 6.04. The van der Waals surface area contributed by atoms with Crippen LogP contribution in [0.5, 0.6) is 0 Å². The second-order valence-electron chi connectivity index (χ2n) is 6.47. The van der Waals surface area contributed by atoms with Crippen LogP contribution in [-0.2, 0) is 26.3 Å². The fraction of sp³-hybridized carbons (Fsp3) is 0.278. The van der Waals surface area contributed by atoms with Gasteiger partial charge in [0.25, 0.3) is 5.91 Å². The molecule has 1 atom stereocenters. The Kier molecular flexibility index (Phi) is 6.35. The first-order valence-electron chi connectivity index (χ1n) is 8.57. The molecule has 148 valence electrons. The van der Waals surface area contributed by atoms with Gasteiger partial charge < -0.3 is 0 Å². The van der Waals surface area contributed by atoms with Crippen molar-refractivity contribution >= 4 is 38.7 Å². The number of nitrogens with one attached hydrogen (secondary N) is 2. The lowest BCUT2D eigenvalue weighted by molar-refractivity contribution is -0.137. The van der Waals surface area contributed by atoms with E-state index in [1.807, 2.05) is 30.3 Å². The van der Waals surface area contributed by atoms with E-state index in [0.29, 0.717) is 5.52 Å². The van der Waals surface area contributed by atoms with E-state index in [2.05, 4.69) is 18.9 Å². The molecule has 28 heavy (non-hydrogen) atoms. The molecule has 0 aliphatic carbocycles. The van der Waals surface area contributed by atoms with Crippen LogP contribution in [0.4, 0.5) is 0 Å². The molecule has 0 aliphatic rings. The van der Waals surface area contributed by atoms with Crippen molar-refractivity contribution in [2.75, 3.05) is 0 Å². The van der Waals surface area contributed by atoms with E-state index < -0.39 is 22.0 Å². The topological polar surface area (TPSA) is 110 Å². The van der Waals surface area contributed by atoms with Gasteiger partial charge in [0.1, 0.15) is 22.0 Å². The fourth-order valence-corrected chi connectivity index (χ4v) is 4.66. The smallest absolute Gasteiger partial charge is 0.261 e. The summed E-state index contributed by atoms with van der Waals surface area (Å²) < 4.78 is 36.3. The third kappa shape index (κ3) is 4.71. The van der Waals surface area contributed by atoms with Crippen LogP contribution in [0.15, 0.2) is 53.4 Å². The number of hydrogen-bond acceptors (Lipinski definition) is 7. The average Bonchev–Trinajstić information content (AvgIpc) is 3.15.